The zero-order valence-corrected chi connectivity index (χ0v) is 14.1. The Hall–Kier alpha value is -1.49. The van der Waals surface area contributed by atoms with Gasteiger partial charge in [-0.3, -0.25) is 0 Å². The molecular weight excluding hydrogens is 390 g/mol. The number of aromatic nitrogens is 2. The first-order chi connectivity index (χ1) is 10.6. The minimum absolute atomic E-state index is 0.00522. The fourth-order valence-electron chi connectivity index (χ4n) is 2.06. The quantitative estimate of drug-likeness (QED) is 0.300. The summed E-state index contributed by atoms with van der Waals surface area (Å²) in [6.45, 7) is 0. The van der Waals surface area contributed by atoms with Crippen LogP contribution in [0.3, 0.4) is 0 Å². The molecule has 0 fully saturated rings. The molecule has 0 aliphatic rings. The van der Waals surface area contributed by atoms with E-state index in [0.717, 1.165) is 5.56 Å². The van der Waals surface area contributed by atoms with Gasteiger partial charge in [0.25, 0.3) is 0 Å². The molecule has 110 valence electrons. The van der Waals surface area contributed by atoms with Crippen LogP contribution in [-0.4, -0.2) is 9.97 Å². The van der Waals surface area contributed by atoms with Crippen LogP contribution < -0.4 is 0 Å². The van der Waals surface area contributed by atoms with E-state index < -0.39 is 5.82 Å². The molecule has 0 N–H and O–H groups in total. The molecule has 1 aromatic heterocycles. The predicted molar refractivity (Wildman–Crippen MR) is 92.6 cm³/mol. The Bertz CT molecular complexity index is 882. The summed E-state index contributed by atoms with van der Waals surface area (Å²) in [5.41, 5.74) is 1.70. The Kier molecular flexibility index (Phi) is 4.43. The van der Waals surface area contributed by atoms with Crippen LogP contribution in [0.25, 0.3) is 23.1 Å². The van der Waals surface area contributed by atoms with Crippen LogP contribution in [0.4, 0.5) is 4.39 Å². The zero-order valence-electron chi connectivity index (χ0n) is 11.0. The lowest BCUT2D eigenvalue weighted by Gasteiger charge is -2.07. The average molecular weight is 398 g/mol. The normalized spacial score (nSPS) is 11.5. The molecule has 0 spiro atoms. The summed E-state index contributed by atoms with van der Waals surface area (Å²) in [7, 11) is 0. The number of rotatable bonds is 2. The molecule has 0 radical (unpaired) electrons. The van der Waals surface area contributed by atoms with E-state index in [2.05, 4.69) is 25.9 Å². The minimum Gasteiger partial charge on any atom is -0.218 e. The highest BCUT2D eigenvalue weighted by Crippen LogP contribution is 2.32. The van der Waals surface area contributed by atoms with E-state index in [-0.39, 0.29) is 15.8 Å². The van der Waals surface area contributed by atoms with Crippen LogP contribution in [0.1, 0.15) is 11.1 Å². The summed E-state index contributed by atoms with van der Waals surface area (Å²) in [6, 6.07) is 11.3. The third kappa shape index (κ3) is 3.00. The largest absolute Gasteiger partial charge is 0.224 e. The van der Waals surface area contributed by atoms with Crippen molar-refractivity contribution in [3.05, 3.63) is 68.3 Å². The van der Waals surface area contributed by atoms with Crippen molar-refractivity contribution in [3.63, 3.8) is 0 Å². The highest BCUT2D eigenvalue weighted by Gasteiger charge is 2.15. The zero-order chi connectivity index (χ0) is 15.7. The van der Waals surface area contributed by atoms with Crippen molar-refractivity contribution in [2.75, 3.05) is 0 Å². The lowest BCUT2D eigenvalue weighted by Crippen LogP contribution is -1.94. The second kappa shape index (κ2) is 6.32. The van der Waals surface area contributed by atoms with Crippen molar-refractivity contribution < 1.29 is 4.39 Å². The molecule has 6 heteroatoms. The number of hydrogen-bond acceptors (Lipinski definition) is 2. The van der Waals surface area contributed by atoms with Gasteiger partial charge in [-0.25, -0.2) is 14.4 Å². The lowest BCUT2D eigenvalue weighted by molar-refractivity contribution is 0.635. The third-order valence-corrected chi connectivity index (χ3v) is 4.18. The van der Waals surface area contributed by atoms with Gasteiger partial charge in [-0.15, -0.1) is 0 Å². The van der Waals surface area contributed by atoms with Crippen molar-refractivity contribution in [1.29, 1.82) is 0 Å². The SMILES string of the molecule is Fc1c(/C=C/c2ccccc2)c(Br)cc2nc(Cl)nc(Cl)c12. The fraction of sp³-hybridized carbons (Fsp3) is 0. The molecule has 22 heavy (non-hydrogen) atoms. The number of nitrogens with zero attached hydrogens (tertiary/aromatic N) is 2. The molecular formula is C16H8BrCl2FN2. The standard InChI is InChI=1S/C16H8BrCl2FN2/c17-11-8-12-13(15(18)22-16(19)21-12)14(20)10(11)7-6-9-4-2-1-3-5-9/h1-8H/b7-6+. The third-order valence-electron chi connectivity index (χ3n) is 3.08. The second-order valence-electron chi connectivity index (χ2n) is 4.51. The van der Waals surface area contributed by atoms with Crippen molar-refractivity contribution in [1.82, 2.24) is 9.97 Å². The van der Waals surface area contributed by atoms with E-state index in [1.807, 2.05) is 36.4 Å². The van der Waals surface area contributed by atoms with Crippen molar-refractivity contribution in [2.45, 2.75) is 0 Å². The number of benzene rings is 2. The highest BCUT2D eigenvalue weighted by atomic mass is 79.9. The van der Waals surface area contributed by atoms with Gasteiger partial charge in [-0.1, -0.05) is 54.1 Å². The van der Waals surface area contributed by atoms with E-state index in [0.29, 0.717) is 15.6 Å². The van der Waals surface area contributed by atoms with E-state index in [1.54, 1.807) is 12.1 Å². The van der Waals surface area contributed by atoms with E-state index in [1.165, 1.54) is 0 Å². The number of fused-ring (bicyclic) bond motifs is 1. The summed E-state index contributed by atoms with van der Waals surface area (Å²) < 4.78 is 15.3. The summed E-state index contributed by atoms with van der Waals surface area (Å²) in [6.07, 6.45) is 3.50. The maximum Gasteiger partial charge on any atom is 0.224 e. The molecule has 0 aliphatic heterocycles. The Labute approximate surface area is 144 Å². The molecule has 0 bridgehead atoms. The van der Waals surface area contributed by atoms with Gasteiger partial charge in [0.1, 0.15) is 11.0 Å². The minimum atomic E-state index is -0.488. The second-order valence-corrected chi connectivity index (χ2v) is 6.06. The first-order valence-corrected chi connectivity index (χ1v) is 7.85. The molecule has 2 aromatic carbocycles. The molecule has 0 unspecified atom stereocenters. The molecule has 3 rings (SSSR count). The molecule has 0 amide bonds. The molecule has 0 saturated heterocycles. The summed E-state index contributed by atoms with van der Waals surface area (Å²) in [5, 5.41) is 0.132. The van der Waals surface area contributed by atoms with Gasteiger partial charge in [0.15, 0.2) is 0 Å². The van der Waals surface area contributed by atoms with E-state index >= 15 is 0 Å². The van der Waals surface area contributed by atoms with Crippen LogP contribution in [0.15, 0.2) is 40.9 Å². The summed E-state index contributed by atoms with van der Waals surface area (Å²) >= 11 is 15.1. The van der Waals surface area contributed by atoms with Gasteiger partial charge < -0.3 is 0 Å². The smallest absolute Gasteiger partial charge is 0.218 e. The van der Waals surface area contributed by atoms with Crippen LogP contribution in [0.5, 0.6) is 0 Å². The summed E-state index contributed by atoms with van der Waals surface area (Å²) in [4.78, 5) is 7.79. The predicted octanol–water partition coefficient (Wildman–Crippen LogP) is 6.01. The van der Waals surface area contributed by atoms with Crippen LogP contribution >= 0.6 is 39.1 Å². The molecule has 0 atom stereocenters. The van der Waals surface area contributed by atoms with Crippen LogP contribution in [-0.2, 0) is 0 Å². The van der Waals surface area contributed by atoms with Gasteiger partial charge in [0, 0.05) is 10.0 Å². The highest BCUT2D eigenvalue weighted by molar-refractivity contribution is 9.10. The van der Waals surface area contributed by atoms with Crippen molar-refractivity contribution in [3.8, 4) is 0 Å². The van der Waals surface area contributed by atoms with Crippen LogP contribution in [0.2, 0.25) is 10.4 Å². The van der Waals surface area contributed by atoms with Crippen molar-refractivity contribution in [2.24, 2.45) is 0 Å². The first kappa shape index (κ1) is 15.4. The van der Waals surface area contributed by atoms with Gasteiger partial charge in [-0.2, -0.15) is 0 Å². The molecule has 3 aromatic rings. The Morgan fingerprint density at radius 1 is 1.05 bits per heavy atom. The van der Waals surface area contributed by atoms with Gasteiger partial charge in [0.05, 0.1) is 10.9 Å². The van der Waals surface area contributed by atoms with Crippen LogP contribution in [0, 0.1) is 5.82 Å². The van der Waals surface area contributed by atoms with E-state index in [4.69, 9.17) is 23.2 Å². The molecule has 0 aliphatic carbocycles. The fourth-order valence-corrected chi connectivity index (χ4v) is 3.07. The van der Waals surface area contributed by atoms with Gasteiger partial charge in [-0.05, 0) is 39.2 Å². The Morgan fingerprint density at radius 2 is 1.77 bits per heavy atom. The number of hydrogen-bond donors (Lipinski definition) is 0. The monoisotopic (exact) mass is 396 g/mol. The average Bonchev–Trinajstić information content (AvgIpc) is 2.47. The molecule has 0 saturated carbocycles. The maximum atomic E-state index is 14.7. The molecule has 2 nitrogen and oxygen atoms in total. The van der Waals surface area contributed by atoms with Gasteiger partial charge in [0.2, 0.25) is 5.28 Å². The summed E-state index contributed by atoms with van der Waals surface area (Å²) in [5.74, 6) is -0.488. The first-order valence-electron chi connectivity index (χ1n) is 6.30. The maximum absolute atomic E-state index is 14.7. The van der Waals surface area contributed by atoms with Crippen molar-refractivity contribution >= 4 is 62.2 Å². The number of halogens is 4. The Balaban J connectivity index is 2.16. The van der Waals surface area contributed by atoms with E-state index in [9.17, 15) is 4.39 Å². The molecule has 1 heterocycles. The Morgan fingerprint density at radius 3 is 2.50 bits per heavy atom. The lowest BCUT2D eigenvalue weighted by atomic mass is 10.1. The van der Waals surface area contributed by atoms with Gasteiger partial charge >= 0.3 is 0 Å². The topological polar surface area (TPSA) is 25.8 Å².